The Morgan fingerprint density at radius 2 is 2.17 bits per heavy atom. The van der Waals surface area contributed by atoms with E-state index in [4.69, 9.17) is 0 Å². The largest absolute Gasteiger partial charge is 0.381 e. The summed E-state index contributed by atoms with van der Waals surface area (Å²) >= 11 is 0. The number of halogens is 3. The van der Waals surface area contributed by atoms with E-state index < -0.39 is 16.6 Å². The number of nitro groups is 1. The second-order valence-electron chi connectivity index (χ2n) is 6.79. The molecule has 3 rings (SSSR count). The van der Waals surface area contributed by atoms with Gasteiger partial charge in [-0.05, 0) is 40.6 Å². The van der Waals surface area contributed by atoms with Crippen LogP contribution < -0.4 is 10.6 Å². The molecule has 0 bridgehead atoms. The summed E-state index contributed by atoms with van der Waals surface area (Å²) in [6.07, 6.45) is 2.10. The molecule has 1 aliphatic rings. The van der Waals surface area contributed by atoms with Crippen molar-refractivity contribution in [3.63, 3.8) is 0 Å². The second-order valence-corrected chi connectivity index (χ2v) is 6.79. The van der Waals surface area contributed by atoms with Crippen molar-refractivity contribution in [3.05, 3.63) is 57.5 Å². The Hall–Kier alpha value is -2.59. The van der Waals surface area contributed by atoms with Gasteiger partial charge in [-0.25, -0.2) is 8.78 Å². The van der Waals surface area contributed by atoms with Gasteiger partial charge in [0.25, 0.3) is 0 Å². The molecule has 8 nitrogen and oxygen atoms in total. The molecule has 2 N–H and O–H groups in total. The summed E-state index contributed by atoms with van der Waals surface area (Å²) in [6, 6.07) is 3.56. The zero-order valence-electron chi connectivity index (χ0n) is 15.7. The minimum absolute atomic E-state index is 0. The number of hydrogen-bond acceptors (Lipinski definition) is 5. The Labute approximate surface area is 172 Å². The normalized spacial score (nSPS) is 18.7. The summed E-state index contributed by atoms with van der Waals surface area (Å²) in [5.41, 5.74) is 0.645. The molecule has 1 amide bonds. The molecule has 0 spiro atoms. The Morgan fingerprint density at radius 1 is 1.41 bits per heavy atom. The first-order valence-electron chi connectivity index (χ1n) is 8.98. The number of aromatic nitrogens is 2. The molecule has 2 aromatic rings. The molecular weight excluding hydrogens is 408 g/mol. The third-order valence-corrected chi connectivity index (χ3v) is 4.93. The van der Waals surface area contributed by atoms with E-state index in [0.717, 1.165) is 6.07 Å². The van der Waals surface area contributed by atoms with Crippen molar-refractivity contribution in [1.29, 1.82) is 0 Å². The Balaban J connectivity index is 0.00000300. The summed E-state index contributed by atoms with van der Waals surface area (Å²) in [4.78, 5) is 26.4. The van der Waals surface area contributed by atoms with Crippen LogP contribution in [0, 0.1) is 28.7 Å². The third-order valence-electron chi connectivity index (χ3n) is 4.93. The maximum atomic E-state index is 13.6. The highest BCUT2D eigenvalue weighted by Crippen LogP contribution is 2.27. The van der Waals surface area contributed by atoms with Gasteiger partial charge in [-0.2, -0.15) is 0 Å². The van der Waals surface area contributed by atoms with E-state index in [0.29, 0.717) is 30.9 Å². The average Bonchev–Trinajstić information content (AvgIpc) is 3.04. The van der Waals surface area contributed by atoms with Gasteiger partial charge in [-0.15, -0.1) is 12.4 Å². The zero-order chi connectivity index (χ0) is 20.3. The highest BCUT2D eigenvalue weighted by Gasteiger charge is 2.28. The maximum absolute atomic E-state index is 13.6. The smallest absolute Gasteiger partial charge is 0.358 e. The molecule has 0 saturated carbocycles. The van der Waals surface area contributed by atoms with E-state index in [1.807, 2.05) is 0 Å². The summed E-state index contributed by atoms with van der Waals surface area (Å²) in [7, 11) is 0. The van der Waals surface area contributed by atoms with Gasteiger partial charge in [0.05, 0.1) is 0 Å². The zero-order valence-corrected chi connectivity index (χ0v) is 16.5. The number of aryl methyl sites for hydroxylation is 2. The molecule has 2 atom stereocenters. The molecule has 1 aromatic carbocycles. The van der Waals surface area contributed by atoms with Gasteiger partial charge in [-0.3, -0.25) is 4.79 Å². The molecule has 1 fully saturated rings. The minimum Gasteiger partial charge on any atom is -0.358 e. The molecule has 0 aliphatic carbocycles. The van der Waals surface area contributed by atoms with Crippen molar-refractivity contribution < 1.29 is 18.5 Å². The summed E-state index contributed by atoms with van der Waals surface area (Å²) in [5, 5.41) is 16.9. The number of nitrogens with one attached hydrogen (secondary N) is 2. The number of amides is 1. The number of benzene rings is 1. The van der Waals surface area contributed by atoms with Crippen LogP contribution in [0.4, 0.5) is 14.6 Å². The van der Waals surface area contributed by atoms with E-state index in [2.05, 4.69) is 15.6 Å². The fraction of sp³-hybridized carbons (Fsp3) is 0.444. The Bertz CT molecular complexity index is 892. The minimum atomic E-state index is -0.904. The second kappa shape index (κ2) is 9.75. The molecule has 1 saturated heterocycles. The monoisotopic (exact) mass is 429 g/mol. The summed E-state index contributed by atoms with van der Waals surface area (Å²) < 4.78 is 28.4. The predicted molar refractivity (Wildman–Crippen MR) is 104 cm³/mol. The average molecular weight is 430 g/mol. The molecule has 11 heteroatoms. The van der Waals surface area contributed by atoms with Crippen LogP contribution in [0.5, 0.6) is 0 Å². The van der Waals surface area contributed by atoms with Crippen LogP contribution in [0.2, 0.25) is 0 Å². The van der Waals surface area contributed by atoms with E-state index >= 15 is 0 Å². The van der Waals surface area contributed by atoms with Crippen LogP contribution in [0.15, 0.2) is 24.4 Å². The van der Waals surface area contributed by atoms with E-state index in [9.17, 15) is 23.7 Å². The number of carbonyl (C=O) groups excluding carboxylic acids is 1. The summed E-state index contributed by atoms with van der Waals surface area (Å²) in [6.45, 7) is 3.13. The molecule has 2 unspecified atom stereocenters. The van der Waals surface area contributed by atoms with Gasteiger partial charge in [0, 0.05) is 38.4 Å². The lowest BCUT2D eigenvalue weighted by molar-refractivity contribution is -0.389. The number of carbonyl (C=O) groups is 1. The lowest BCUT2D eigenvalue weighted by Crippen LogP contribution is -2.50. The Kier molecular flexibility index (Phi) is 7.63. The van der Waals surface area contributed by atoms with Crippen molar-refractivity contribution in [1.82, 2.24) is 20.2 Å². The summed E-state index contributed by atoms with van der Waals surface area (Å²) in [5.74, 6) is -1.96. The number of nitrogens with zero attached hydrogens (tertiary/aromatic N) is 3. The van der Waals surface area contributed by atoms with Crippen molar-refractivity contribution in [2.24, 2.45) is 0 Å². The highest BCUT2D eigenvalue weighted by molar-refractivity contribution is 5.85. The van der Waals surface area contributed by atoms with Gasteiger partial charge >= 0.3 is 5.82 Å². The predicted octanol–water partition coefficient (Wildman–Crippen LogP) is 2.45. The van der Waals surface area contributed by atoms with Crippen molar-refractivity contribution in [2.75, 3.05) is 13.1 Å². The molecular formula is C18H22ClF2N5O3. The first-order valence-corrected chi connectivity index (χ1v) is 8.98. The van der Waals surface area contributed by atoms with Crippen LogP contribution in [0.3, 0.4) is 0 Å². The first kappa shape index (κ1) is 22.7. The fourth-order valence-corrected chi connectivity index (χ4v) is 3.46. The number of rotatable bonds is 6. The quantitative estimate of drug-likeness (QED) is 0.542. The topological polar surface area (TPSA) is 102 Å². The van der Waals surface area contributed by atoms with Crippen molar-refractivity contribution in [3.8, 4) is 0 Å². The van der Waals surface area contributed by atoms with Crippen molar-refractivity contribution in [2.45, 2.75) is 38.3 Å². The lowest BCUT2D eigenvalue weighted by atomic mass is 9.86. The van der Waals surface area contributed by atoms with Crippen LogP contribution in [-0.4, -0.2) is 39.5 Å². The van der Waals surface area contributed by atoms with Crippen LogP contribution >= 0.6 is 12.4 Å². The Morgan fingerprint density at radius 3 is 2.83 bits per heavy atom. The lowest BCUT2D eigenvalue weighted by Gasteiger charge is -2.33. The van der Waals surface area contributed by atoms with Crippen LogP contribution in [0.25, 0.3) is 0 Å². The van der Waals surface area contributed by atoms with Gasteiger partial charge in [0.15, 0.2) is 11.6 Å². The number of imidazole rings is 1. The molecule has 1 aromatic heterocycles. The van der Waals surface area contributed by atoms with Gasteiger partial charge in [-0.1, -0.05) is 6.07 Å². The molecule has 1 aliphatic heterocycles. The molecule has 0 radical (unpaired) electrons. The first-order chi connectivity index (χ1) is 13.3. The van der Waals surface area contributed by atoms with Crippen LogP contribution in [-0.2, 0) is 11.3 Å². The van der Waals surface area contributed by atoms with E-state index in [1.165, 1.54) is 12.3 Å². The number of piperidine rings is 1. The van der Waals surface area contributed by atoms with Gasteiger partial charge < -0.3 is 25.3 Å². The standard InChI is InChI=1S/C18H21F2N5O3.ClH/c1-11-22-17(25(27)28)10-24(11)7-5-18(26)23-16-9-21-6-4-13(16)12-2-3-14(19)15(20)8-12;/h2-3,8,10,13,16,21H,4-7,9H2,1H3,(H,23,26);1H. The van der Waals surface area contributed by atoms with Crippen LogP contribution in [0.1, 0.15) is 30.1 Å². The SMILES string of the molecule is Cc1nc([N+](=O)[O-])cn1CCC(=O)NC1CNCCC1c1ccc(F)c(F)c1.Cl. The van der Waals surface area contributed by atoms with E-state index in [-0.39, 0.29) is 49.1 Å². The highest BCUT2D eigenvalue weighted by atomic mass is 35.5. The third kappa shape index (κ3) is 5.48. The molecule has 2 heterocycles. The number of hydrogen-bond donors (Lipinski definition) is 2. The molecule has 158 valence electrons. The fourth-order valence-electron chi connectivity index (χ4n) is 3.46. The van der Waals surface area contributed by atoms with Gasteiger partial charge in [0.1, 0.15) is 6.20 Å². The molecule has 29 heavy (non-hydrogen) atoms. The maximum Gasteiger partial charge on any atom is 0.381 e. The van der Waals surface area contributed by atoms with E-state index in [1.54, 1.807) is 17.6 Å². The van der Waals surface area contributed by atoms with Crippen molar-refractivity contribution >= 4 is 24.1 Å². The van der Waals surface area contributed by atoms with Gasteiger partial charge in [0.2, 0.25) is 11.7 Å².